The van der Waals surface area contributed by atoms with Crippen LogP contribution in [-0.4, -0.2) is 46.8 Å². The van der Waals surface area contributed by atoms with Crippen LogP contribution in [-0.2, 0) is 23.0 Å². The molecule has 2 aromatic rings. The molecule has 5 atom stereocenters. The number of aliphatic hydroxyl groups excluding tert-OH is 1. The SMILES string of the molecule is C/C=C1/CN2[C@H]3Cc4c(n(C)c5ccccc45)[C@@H]2CC1C3(CO)C(=O)OC. The van der Waals surface area contributed by atoms with Crippen molar-refractivity contribution in [3.05, 3.63) is 47.2 Å². The minimum absolute atomic E-state index is 0.0271. The molecule has 0 aliphatic carbocycles. The maximum absolute atomic E-state index is 13.0. The van der Waals surface area contributed by atoms with Crippen LogP contribution < -0.4 is 0 Å². The van der Waals surface area contributed by atoms with Crippen LogP contribution in [0.2, 0.25) is 0 Å². The van der Waals surface area contributed by atoms with E-state index in [1.807, 2.05) is 6.92 Å². The van der Waals surface area contributed by atoms with Crippen molar-refractivity contribution < 1.29 is 14.6 Å². The number of hydrogen-bond donors (Lipinski definition) is 1. The van der Waals surface area contributed by atoms with E-state index in [-0.39, 0.29) is 30.6 Å². The summed E-state index contributed by atoms with van der Waals surface area (Å²) in [6, 6.07) is 8.77. The van der Waals surface area contributed by atoms with Gasteiger partial charge in [-0.2, -0.15) is 0 Å². The zero-order valence-corrected chi connectivity index (χ0v) is 16.1. The number of allylic oxidation sites excluding steroid dienone is 1. The van der Waals surface area contributed by atoms with Crippen molar-refractivity contribution in [3.8, 4) is 0 Å². The van der Waals surface area contributed by atoms with Crippen LogP contribution in [0.15, 0.2) is 35.9 Å². The normalized spacial score (nSPS) is 35.5. The zero-order chi connectivity index (χ0) is 18.9. The van der Waals surface area contributed by atoms with Crippen molar-refractivity contribution in [2.75, 3.05) is 20.3 Å². The first-order chi connectivity index (χ1) is 13.1. The molecule has 3 saturated heterocycles. The second-order valence-electron chi connectivity index (χ2n) is 8.19. The van der Waals surface area contributed by atoms with Crippen molar-refractivity contribution >= 4 is 16.9 Å². The quantitative estimate of drug-likeness (QED) is 0.656. The van der Waals surface area contributed by atoms with Gasteiger partial charge in [0.15, 0.2) is 0 Å². The second kappa shape index (κ2) is 5.69. The molecule has 1 aromatic carbocycles. The fourth-order valence-corrected chi connectivity index (χ4v) is 6.27. The highest BCUT2D eigenvalue weighted by Gasteiger charge is 2.65. The number of rotatable bonds is 2. The Kier molecular flexibility index (Phi) is 3.59. The summed E-state index contributed by atoms with van der Waals surface area (Å²) in [5.41, 5.74) is 4.34. The molecule has 0 spiro atoms. The lowest BCUT2D eigenvalue weighted by Crippen LogP contribution is -2.69. The fraction of sp³-hybridized carbons (Fsp3) is 0.500. The maximum atomic E-state index is 13.0. The smallest absolute Gasteiger partial charge is 0.316 e. The van der Waals surface area contributed by atoms with E-state index in [0.717, 1.165) is 19.4 Å². The molecule has 3 fully saturated rings. The number of aromatic nitrogens is 1. The Morgan fingerprint density at radius 3 is 2.89 bits per heavy atom. The van der Waals surface area contributed by atoms with Crippen LogP contribution in [0.1, 0.15) is 30.6 Å². The van der Waals surface area contributed by atoms with Gasteiger partial charge >= 0.3 is 5.97 Å². The van der Waals surface area contributed by atoms with Crippen molar-refractivity contribution in [2.24, 2.45) is 18.4 Å². The first-order valence-corrected chi connectivity index (χ1v) is 9.74. The Morgan fingerprint density at radius 2 is 2.19 bits per heavy atom. The van der Waals surface area contributed by atoms with Gasteiger partial charge in [0.1, 0.15) is 5.41 Å². The zero-order valence-electron chi connectivity index (χ0n) is 16.1. The van der Waals surface area contributed by atoms with Gasteiger partial charge < -0.3 is 14.4 Å². The fourth-order valence-electron chi connectivity index (χ4n) is 6.27. The number of nitrogens with zero attached hydrogens (tertiary/aromatic N) is 2. The minimum atomic E-state index is -0.875. The van der Waals surface area contributed by atoms with Crippen LogP contribution in [0.5, 0.6) is 0 Å². The third kappa shape index (κ3) is 1.89. The number of hydrogen-bond acceptors (Lipinski definition) is 4. The van der Waals surface area contributed by atoms with Gasteiger partial charge in [-0.3, -0.25) is 9.69 Å². The Morgan fingerprint density at radius 1 is 1.41 bits per heavy atom. The van der Waals surface area contributed by atoms with E-state index >= 15 is 0 Å². The van der Waals surface area contributed by atoms with Crippen LogP contribution in [0.4, 0.5) is 0 Å². The molecular weight excluding hydrogens is 340 g/mol. The van der Waals surface area contributed by atoms with E-state index < -0.39 is 5.41 Å². The molecule has 5 heterocycles. The summed E-state index contributed by atoms with van der Waals surface area (Å²) in [6.45, 7) is 2.74. The third-order valence-corrected chi connectivity index (χ3v) is 7.46. The number of carbonyl (C=O) groups excluding carboxylic acids is 1. The van der Waals surface area contributed by atoms with Crippen LogP contribution in [0.3, 0.4) is 0 Å². The van der Waals surface area contributed by atoms with Gasteiger partial charge in [-0.05, 0) is 31.4 Å². The number of carbonyl (C=O) groups is 1. The Balaban J connectivity index is 1.76. The molecular formula is C22H26N2O3. The molecule has 5 heteroatoms. The summed E-state index contributed by atoms with van der Waals surface area (Å²) >= 11 is 0. The molecule has 1 N–H and O–H groups in total. The van der Waals surface area contributed by atoms with E-state index in [4.69, 9.17) is 4.74 Å². The molecule has 142 valence electrons. The minimum Gasteiger partial charge on any atom is -0.468 e. The van der Waals surface area contributed by atoms with Crippen LogP contribution >= 0.6 is 0 Å². The van der Waals surface area contributed by atoms with Crippen molar-refractivity contribution in [2.45, 2.75) is 31.8 Å². The largest absolute Gasteiger partial charge is 0.468 e. The molecule has 4 aliphatic rings. The lowest BCUT2D eigenvalue weighted by molar-refractivity contribution is -0.183. The topological polar surface area (TPSA) is 54.7 Å². The van der Waals surface area contributed by atoms with Gasteiger partial charge in [0, 0.05) is 42.1 Å². The van der Waals surface area contributed by atoms with Gasteiger partial charge in [-0.25, -0.2) is 0 Å². The molecule has 0 radical (unpaired) electrons. The predicted molar refractivity (Wildman–Crippen MR) is 103 cm³/mol. The molecule has 1 aromatic heterocycles. The average Bonchev–Trinajstić information content (AvgIpc) is 3.00. The second-order valence-corrected chi connectivity index (χ2v) is 8.19. The summed E-state index contributed by atoms with van der Waals surface area (Å²) in [7, 11) is 3.59. The van der Waals surface area contributed by atoms with Gasteiger partial charge in [-0.1, -0.05) is 29.8 Å². The number of aryl methyl sites for hydroxylation is 1. The van der Waals surface area contributed by atoms with E-state index in [0.29, 0.717) is 0 Å². The van der Waals surface area contributed by atoms with Gasteiger partial charge in [-0.15, -0.1) is 0 Å². The van der Waals surface area contributed by atoms with E-state index in [1.54, 1.807) is 0 Å². The number of para-hydroxylation sites is 1. The van der Waals surface area contributed by atoms with Crippen molar-refractivity contribution in [1.82, 2.24) is 9.47 Å². The molecule has 4 bridgehead atoms. The molecule has 5 nitrogen and oxygen atoms in total. The number of methoxy groups -OCH3 is 1. The summed E-state index contributed by atoms with van der Waals surface area (Å²) in [5.74, 6) is -0.239. The number of benzene rings is 1. The van der Waals surface area contributed by atoms with E-state index in [1.165, 1.54) is 34.8 Å². The summed E-state index contributed by atoms with van der Waals surface area (Å²) in [4.78, 5) is 15.5. The molecule has 3 unspecified atom stereocenters. The highest BCUT2D eigenvalue weighted by Crippen LogP contribution is 2.60. The number of fused-ring (bicyclic) bond motifs is 4. The number of aliphatic hydroxyl groups is 1. The monoisotopic (exact) mass is 366 g/mol. The van der Waals surface area contributed by atoms with Gasteiger partial charge in [0.2, 0.25) is 0 Å². The number of esters is 1. The van der Waals surface area contributed by atoms with Crippen molar-refractivity contribution in [1.29, 1.82) is 0 Å². The molecule has 0 saturated carbocycles. The Hall–Kier alpha value is -2.11. The first-order valence-electron chi connectivity index (χ1n) is 9.74. The number of ether oxygens (including phenoxy) is 1. The average molecular weight is 366 g/mol. The molecule has 0 amide bonds. The molecule has 4 aliphatic heterocycles. The third-order valence-electron chi connectivity index (χ3n) is 7.46. The highest BCUT2D eigenvalue weighted by molar-refractivity contribution is 5.87. The molecule has 27 heavy (non-hydrogen) atoms. The predicted octanol–water partition coefficient (Wildman–Crippen LogP) is 2.58. The van der Waals surface area contributed by atoms with Crippen LogP contribution in [0.25, 0.3) is 10.9 Å². The summed E-state index contributed by atoms with van der Waals surface area (Å²) in [6.07, 6.45) is 3.75. The number of piperidine rings is 3. The van der Waals surface area contributed by atoms with Gasteiger partial charge in [0.05, 0.1) is 19.8 Å². The van der Waals surface area contributed by atoms with Crippen molar-refractivity contribution in [3.63, 3.8) is 0 Å². The molecule has 6 rings (SSSR count). The standard InChI is InChI=1S/C22H26N2O3/c1-4-13-11-24-18-10-16(13)22(12-25,21(26)27-3)19(24)9-15-14-7-5-6-8-17(14)23(2)20(15)18/h4-8,16,18-19,25H,9-12H2,1-3H3/b13-4-/t16?,18-,19-,22?/m0/s1. The Bertz CT molecular complexity index is 975. The van der Waals surface area contributed by atoms with E-state index in [2.05, 4.69) is 46.9 Å². The van der Waals surface area contributed by atoms with Crippen LogP contribution in [0, 0.1) is 11.3 Å². The summed E-state index contributed by atoms with van der Waals surface area (Å²) < 4.78 is 7.58. The summed E-state index contributed by atoms with van der Waals surface area (Å²) in [5, 5.41) is 11.8. The lowest BCUT2D eigenvalue weighted by Gasteiger charge is -2.62. The van der Waals surface area contributed by atoms with Gasteiger partial charge in [0.25, 0.3) is 0 Å². The maximum Gasteiger partial charge on any atom is 0.316 e. The Labute approximate surface area is 159 Å². The first kappa shape index (κ1) is 17.0. The highest BCUT2D eigenvalue weighted by atomic mass is 16.5. The van der Waals surface area contributed by atoms with E-state index in [9.17, 15) is 9.90 Å². The lowest BCUT2D eigenvalue weighted by atomic mass is 9.55.